The van der Waals surface area contributed by atoms with Crippen molar-refractivity contribution in [1.82, 2.24) is 5.32 Å². The van der Waals surface area contributed by atoms with E-state index in [1.165, 1.54) is 0 Å². The number of rotatable bonds is 2. The van der Waals surface area contributed by atoms with Gasteiger partial charge in [0.25, 0.3) is 0 Å². The van der Waals surface area contributed by atoms with Crippen molar-refractivity contribution in [3.8, 4) is 0 Å². The van der Waals surface area contributed by atoms with Gasteiger partial charge in [-0.05, 0) is 0 Å². The molecule has 3 nitrogen and oxygen atoms in total. The zero-order valence-corrected chi connectivity index (χ0v) is 5.52. The van der Waals surface area contributed by atoms with Crippen LogP contribution in [-0.2, 0) is 9.47 Å². The van der Waals surface area contributed by atoms with Gasteiger partial charge in [-0.3, -0.25) is 5.32 Å². The first-order valence-corrected chi connectivity index (χ1v) is 2.92. The van der Waals surface area contributed by atoms with Crippen LogP contribution in [0.3, 0.4) is 0 Å². The third-order valence-corrected chi connectivity index (χ3v) is 1.27. The second kappa shape index (κ2) is 2.85. The van der Waals surface area contributed by atoms with Gasteiger partial charge in [0.2, 0.25) is 0 Å². The van der Waals surface area contributed by atoms with E-state index in [0.29, 0.717) is 5.76 Å². The highest BCUT2D eigenvalue weighted by molar-refractivity contribution is 4.92. The maximum absolute atomic E-state index is 5.17. The van der Waals surface area contributed by atoms with Crippen molar-refractivity contribution in [2.24, 2.45) is 0 Å². The Morgan fingerprint density at radius 1 is 1.89 bits per heavy atom. The van der Waals surface area contributed by atoms with Gasteiger partial charge in [-0.15, -0.1) is 0 Å². The monoisotopic (exact) mass is 129 g/mol. The van der Waals surface area contributed by atoms with Crippen LogP contribution in [0.25, 0.3) is 0 Å². The van der Waals surface area contributed by atoms with Crippen LogP contribution >= 0.6 is 0 Å². The van der Waals surface area contributed by atoms with Crippen molar-refractivity contribution in [2.75, 3.05) is 20.3 Å². The van der Waals surface area contributed by atoms with Crippen molar-refractivity contribution < 1.29 is 9.47 Å². The SMILES string of the molecule is C=C(OC)C1NCCO1. The van der Waals surface area contributed by atoms with Gasteiger partial charge < -0.3 is 9.47 Å². The van der Waals surface area contributed by atoms with Gasteiger partial charge in [-0.25, -0.2) is 0 Å². The summed E-state index contributed by atoms with van der Waals surface area (Å²) in [7, 11) is 1.59. The molecule has 52 valence electrons. The molecule has 0 aromatic heterocycles. The maximum atomic E-state index is 5.17. The molecule has 0 aliphatic carbocycles. The van der Waals surface area contributed by atoms with Crippen LogP contribution in [0.2, 0.25) is 0 Å². The number of hydrogen-bond acceptors (Lipinski definition) is 3. The zero-order valence-electron chi connectivity index (χ0n) is 5.52. The lowest BCUT2D eigenvalue weighted by atomic mass is 10.5. The molecule has 1 aliphatic rings. The summed E-state index contributed by atoms with van der Waals surface area (Å²) in [5.74, 6) is 0.646. The van der Waals surface area contributed by atoms with Gasteiger partial charge in [0.15, 0.2) is 6.23 Å². The molecule has 9 heavy (non-hydrogen) atoms. The van der Waals surface area contributed by atoms with Gasteiger partial charge in [0, 0.05) is 6.54 Å². The third kappa shape index (κ3) is 1.43. The van der Waals surface area contributed by atoms with Crippen molar-refractivity contribution in [2.45, 2.75) is 6.23 Å². The van der Waals surface area contributed by atoms with Crippen LogP contribution < -0.4 is 5.32 Å². The molecule has 0 bridgehead atoms. The van der Waals surface area contributed by atoms with Crippen LogP contribution in [0.4, 0.5) is 0 Å². The molecule has 0 aromatic carbocycles. The Kier molecular flexibility index (Phi) is 2.08. The normalized spacial score (nSPS) is 26.1. The third-order valence-electron chi connectivity index (χ3n) is 1.27. The molecule has 1 atom stereocenters. The number of methoxy groups -OCH3 is 1. The van der Waals surface area contributed by atoms with Crippen molar-refractivity contribution in [3.63, 3.8) is 0 Å². The summed E-state index contributed by atoms with van der Waals surface area (Å²) in [4.78, 5) is 0. The molecule has 0 radical (unpaired) electrons. The lowest BCUT2D eigenvalue weighted by Gasteiger charge is -2.10. The first-order chi connectivity index (χ1) is 4.34. The van der Waals surface area contributed by atoms with Crippen molar-refractivity contribution in [1.29, 1.82) is 0 Å². The average molecular weight is 129 g/mol. The first-order valence-electron chi connectivity index (χ1n) is 2.92. The standard InChI is InChI=1S/C6H11NO2/c1-5(8-2)6-7-3-4-9-6/h6-7H,1,3-4H2,2H3. The minimum atomic E-state index is -0.0880. The minimum Gasteiger partial charge on any atom is -0.497 e. The highest BCUT2D eigenvalue weighted by Gasteiger charge is 2.17. The molecule has 0 amide bonds. The molecule has 1 heterocycles. The summed E-state index contributed by atoms with van der Waals surface area (Å²) in [6, 6.07) is 0. The van der Waals surface area contributed by atoms with Crippen LogP contribution in [-0.4, -0.2) is 26.5 Å². The van der Waals surface area contributed by atoms with E-state index in [4.69, 9.17) is 9.47 Å². The smallest absolute Gasteiger partial charge is 0.165 e. The first kappa shape index (κ1) is 6.58. The fourth-order valence-corrected chi connectivity index (χ4v) is 0.740. The Morgan fingerprint density at radius 2 is 2.67 bits per heavy atom. The topological polar surface area (TPSA) is 30.5 Å². The highest BCUT2D eigenvalue weighted by atomic mass is 16.5. The van der Waals surface area contributed by atoms with E-state index in [9.17, 15) is 0 Å². The van der Waals surface area contributed by atoms with E-state index < -0.39 is 0 Å². The predicted molar refractivity (Wildman–Crippen MR) is 33.9 cm³/mol. The molecule has 1 N–H and O–H groups in total. The minimum absolute atomic E-state index is 0.0880. The molecule has 1 fully saturated rings. The van der Waals surface area contributed by atoms with E-state index in [2.05, 4.69) is 11.9 Å². The molecule has 0 saturated carbocycles. The fourth-order valence-electron chi connectivity index (χ4n) is 0.740. The zero-order chi connectivity index (χ0) is 6.69. The molecule has 0 aromatic rings. The Balaban J connectivity index is 2.32. The van der Waals surface area contributed by atoms with E-state index in [0.717, 1.165) is 13.2 Å². The lowest BCUT2D eigenvalue weighted by molar-refractivity contribution is 0.0793. The molecular weight excluding hydrogens is 118 g/mol. The second-order valence-electron chi connectivity index (χ2n) is 1.88. The Hall–Kier alpha value is -0.540. The van der Waals surface area contributed by atoms with Crippen LogP contribution in [0.15, 0.2) is 12.3 Å². The summed E-state index contributed by atoms with van der Waals surface area (Å²) < 4.78 is 10.0. The molecule has 1 aliphatic heterocycles. The Labute approximate surface area is 54.6 Å². The fraction of sp³-hybridized carbons (Fsp3) is 0.667. The van der Waals surface area contributed by atoms with E-state index in [1.807, 2.05) is 0 Å². The van der Waals surface area contributed by atoms with Crippen LogP contribution in [0, 0.1) is 0 Å². The average Bonchev–Trinajstić information content (AvgIpc) is 2.37. The van der Waals surface area contributed by atoms with Crippen LogP contribution in [0.5, 0.6) is 0 Å². The maximum Gasteiger partial charge on any atom is 0.165 e. The van der Waals surface area contributed by atoms with E-state index in [-0.39, 0.29) is 6.23 Å². The summed E-state index contributed by atoms with van der Waals surface area (Å²) in [5.41, 5.74) is 0. The lowest BCUT2D eigenvalue weighted by Crippen LogP contribution is -2.24. The van der Waals surface area contributed by atoms with E-state index in [1.54, 1.807) is 7.11 Å². The Morgan fingerprint density at radius 3 is 3.11 bits per heavy atom. The molecule has 1 rings (SSSR count). The van der Waals surface area contributed by atoms with Gasteiger partial charge in [-0.1, -0.05) is 6.58 Å². The largest absolute Gasteiger partial charge is 0.497 e. The highest BCUT2D eigenvalue weighted by Crippen LogP contribution is 2.05. The van der Waals surface area contributed by atoms with E-state index >= 15 is 0 Å². The molecule has 1 unspecified atom stereocenters. The summed E-state index contributed by atoms with van der Waals surface area (Å²) >= 11 is 0. The number of ether oxygens (including phenoxy) is 2. The van der Waals surface area contributed by atoms with Crippen molar-refractivity contribution >= 4 is 0 Å². The Bertz CT molecular complexity index is 108. The summed E-state index contributed by atoms with van der Waals surface area (Å²) in [5, 5.41) is 3.06. The molecule has 0 spiro atoms. The van der Waals surface area contributed by atoms with Gasteiger partial charge in [-0.2, -0.15) is 0 Å². The van der Waals surface area contributed by atoms with Crippen LogP contribution in [0.1, 0.15) is 0 Å². The number of nitrogens with one attached hydrogen (secondary N) is 1. The van der Waals surface area contributed by atoms with Crippen molar-refractivity contribution in [3.05, 3.63) is 12.3 Å². The summed E-state index contributed by atoms with van der Waals surface area (Å²) in [6.07, 6.45) is -0.0880. The van der Waals surface area contributed by atoms with Gasteiger partial charge in [0.05, 0.1) is 13.7 Å². The van der Waals surface area contributed by atoms with Gasteiger partial charge in [0.1, 0.15) is 5.76 Å². The quantitative estimate of drug-likeness (QED) is 0.536. The molecular formula is C6H11NO2. The molecule has 3 heteroatoms. The predicted octanol–water partition coefficient (Wildman–Crippen LogP) is 0.0924. The number of hydrogen-bond donors (Lipinski definition) is 1. The second-order valence-corrected chi connectivity index (χ2v) is 1.88. The molecule has 1 saturated heterocycles. The summed E-state index contributed by atoms with van der Waals surface area (Å²) in [6.45, 7) is 5.27. The van der Waals surface area contributed by atoms with Gasteiger partial charge >= 0.3 is 0 Å².